The summed E-state index contributed by atoms with van der Waals surface area (Å²) >= 11 is 0. The summed E-state index contributed by atoms with van der Waals surface area (Å²) in [5, 5.41) is 10.4. The fourth-order valence-corrected chi connectivity index (χ4v) is 4.48. The van der Waals surface area contributed by atoms with Gasteiger partial charge in [0.1, 0.15) is 0 Å². The molecule has 5 heteroatoms. The Morgan fingerprint density at radius 3 is 2.04 bits per heavy atom. The number of nitrogens with zero attached hydrogens (tertiary/aromatic N) is 3. The van der Waals surface area contributed by atoms with Crippen LogP contribution in [0.4, 0.5) is 0 Å². The molecule has 2 aliphatic heterocycles. The van der Waals surface area contributed by atoms with E-state index in [9.17, 15) is 9.90 Å². The van der Waals surface area contributed by atoms with Crippen molar-refractivity contribution in [3.05, 3.63) is 0 Å². The Labute approximate surface area is 147 Å². The molecule has 2 saturated heterocycles. The Kier molecular flexibility index (Phi) is 6.53. The highest BCUT2D eigenvalue weighted by molar-refractivity contribution is 5.79. The zero-order valence-electron chi connectivity index (χ0n) is 15.3. The standard InChI is InChI=1S/C19H35N3O2/c1-16-6-8-20(9-7-16)14-18(23)15-21-10-12-22(13-11-21)19(24)17-4-2-3-5-17/h16-18,23H,2-15H2,1H3/t18-/m1/s1. The number of β-amino-alcohol motifs (C(OH)–C–C–N with tert-alkyl or cyclic N) is 1. The number of hydrogen-bond acceptors (Lipinski definition) is 4. The van der Waals surface area contributed by atoms with Gasteiger partial charge in [-0.1, -0.05) is 19.8 Å². The Bertz CT molecular complexity index is 395. The number of piperidine rings is 1. The summed E-state index contributed by atoms with van der Waals surface area (Å²) < 4.78 is 0. The minimum atomic E-state index is -0.268. The predicted octanol–water partition coefficient (Wildman–Crippen LogP) is 1.41. The first kappa shape index (κ1) is 18.2. The van der Waals surface area contributed by atoms with E-state index in [0.717, 1.165) is 71.1 Å². The average Bonchev–Trinajstić information content (AvgIpc) is 3.11. The smallest absolute Gasteiger partial charge is 0.225 e. The molecule has 0 aromatic heterocycles. The van der Waals surface area contributed by atoms with Gasteiger partial charge >= 0.3 is 0 Å². The zero-order valence-corrected chi connectivity index (χ0v) is 15.3. The van der Waals surface area contributed by atoms with Gasteiger partial charge in [0.25, 0.3) is 0 Å². The number of carbonyl (C=O) groups excluding carboxylic acids is 1. The molecule has 24 heavy (non-hydrogen) atoms. The molecule has 1 saturated carbocycles. The lowest BCUT2D eigenvalue weighted by Crippen LogP contribution is -2.52. The normalized spacial score (nSPS) is 26.8. The maximum Gasteiger partial charge on any atom is 0.225 e. The summed E-state index contributed by atoms with van der Waals surface area (Å²) in [5.74, 6) is 1.52. The second-order valence-corrected chi connectivity index (χ2v) is 8.24. The predicted molar refractivity (Wildman–Crippen MR) is 95.8 cm³/mol. The third kappa shape index (κ3) is 4.93. The van der Waals surface area contributed by atoms with Crippen LogP contribution in [0.2, 0.25) is 0 Å². The van der Waals surface area contributed by atoms with Crippen molar-refractivity contribution in [3.63, 3.8) is 0 Å². The van der Waals surface area contributed by atoms with E-state index in [1.807, 2.05) is 0 Å². The van der Waals surface area contributed by atoms with E-state index in [4.69, 9.17) is 0 Å². The fourth-order valence-electron chi connectivity index (χ4n) is 4.48. The molecule has 0 radical (unpaired) electrons. The lowest BCUT2D eigenvalue weighted by Gasteiger charge is -2.38. The SMILES string of the molecule is CC1CCN(C[C@@H](O)CN2CCN(C(=O)C3CCCC3)CC2)CC1. The molecular weight excluding hydrogens is 302 g/mol. The lowest BCUT2D eigenvalue weighted by atomic mass is 9.99. The molecule has 138 valence electrons. The van der Waals surface area contributed by atoms with E-state index in [1.165, 1.54) is 25.7 Å². The molecule has 1 atom stereocenters. The average molecular weight is 338 g/mol. The summed E-state index contributed by atoms with van der Waals surface area (Å²) in [5.41, 5.74) is 0. The summed E-state index contributed by atoms with van der Waals surface area (Å²) in [6.45, 7) is 9.61. The first-order valence-electron chi connectivity index (χ1n) is 10.0. The summed E-state index contributed by atoms with van der Waals surface area (Å²) in [7, 11) is 0. The van der Waals surface area contributed by atoms with E-state index in [-0.39, 0.29) is 6.10 Å². The first-order chi connectivity index (χ1) is 11.6. The van der Waals surface area contributed by atoms with Gasteiger partial charge < -0.3 is 14.9 Å². The van der Waals surface area contributed by atoms with Crippen molar-refractivity contribution in [2.24, 2.45) is 11.8 Å². The molecule has 0 bridgehead atoms. The number of aliphatic hydroxyl groups excluding tert-OH is 1. The second kappa shape index (κ2) is 8.63. The van der Waals surface area contributed by atoms with Crippen molar-refractivity contribution in [2.45, 2.75) is 51.6 Å². The monoisotopic (exact) mass is 337 g/mol. The molecule has 0 unspecified atom stereocenters. The van der Waals surface area contributed by atoms with Crippen LogP contribution in [0.3, 0.4) is 0 Å². The van der Waals surface area contributed by atoms with Crippen molar-refractivity contribution in [1.82, 2.24) is 14.7 Å². The van der Waals surface area contributed by atoms with E-state index in [0.29, 0.717) is 11.8 Å². The highest BCUT2D eigenvalue weighted by atomic mass is 16.3. The van der Waals surface area contributed by atoms with Gasteiger partial charge in [0.2, 0.25) is 5.91 Å². The Morgan fingerprint density at radius 2 is 1.46 bits per heavy atom. The van der Waals surface area contributed by atoms with E-state index < -0.39 is 0 Å². The number of aliphatic hydroxyl groups is 1. The third-order valence-electron chi connectivity index (χ3n) is 6.20. The van der Waals surface area contributed by atoms with Crippen LogP contribution in [0.1, 0.15) is 45.4 Å². The molecule has 1 amide bonds. The van der Waals surface area contributed by atoms with Crippen LogP contribution < -0.4 is 0 Å². The lowest BCUT2D eigenvalue weighted by molar-refractivity contribution is -0.137. The molecule has 3 aliphatic rings. The van der Waals surface area contributed by atoms with Crippen molar-refractivity contribution < 1.29 is 9.90 Å². The summed E-state index contributed by atoms with van der Waals surface area (Å²) in [6.07, 6.45) is 6.87. The number of likely N-dealkylation sites (tertiary alicyclic amines) is 1. The molecule has 3 rings (SSSR count). The van der Waals surface area contributed by atoms with Crippen LogP contribution in [-0.4, -0.2) is 84.2 Å². The maximum absolute atomic E-state index is 12.5. The highest BCUT2D eigenvalue weighted by Crippen LogP contribution is 2.27. The van der Waals surface area contributed by atoms with Gasteiger partial charge in [0.15, 0.2) is 0 Å². The molecule has 5 nitrogen and oxygen atoms in total. The fraction of sp³-hybridized carbons (Fsp3) is 0.947. The molecule has 1 N–H and O–H groups in total. The van der Waals surface area contributed by atoms with Crippen LogP contribution in [0.5, 0.6) is 0 Å². The van der Waals surface area contributed by atoms with Gasteiger partial charge in [0.05, 0.1) is 6.10 Å². The highest BCUT2D eigenvalue weighted by Gasteiger charge is 2.30. The van der Waals surface area contributed by atoms with E-state index >= 15 is 0 Å². The molecule has 3 fully saturated rings. The van der Waals surface area contributed by atoms with Gasteiger partial charge in [-0.25, -0.2) is 0 Å². The number of rotatable bonds is 5. The number of piperazine rings is 1. The minimum absolute atomic E-state index is 0.268. The Morgan fingerprint density at radius 1 is 0.917 bits per heavy atom. The van der Waals surface area contributed by atoms with Gasteiger partial charge in [0, 0.05) is 45.2 Å². The van der Waals surface area contributed by atoms with Crippen molar-refractivity contribution in [3.8, 4) is 0 Å². The Balaban J connectivity index is 1.35. The summed E-state index contributed by atoms with van der Waals surface area (Å²) in [6, 6.07) is 0. The topological polar surface area (TPSA) is 47.0 Å². The quantitative estimate of drug-likeness (QED) is 0.824. The van der Waals surface area contributed by atoms with Gasteiger partial charge in [-0.05, 0) is 44.7 Å². The molecule has 0 aromatic rings. The van der Waals surface area contributed by atoms with Gasteiger partial charge in [-0.2, -0.15) is 0 Å². The molecular formula is C19H35N3O2. The number of hydrogen-bond donors (Lipinski definition) is 1. The molecule has 1 aliphatic carbocycles. The van der Waals surface area contributed by atoms with Crippen LogP contribution in [0.15, 0.2) is 0 Å². The summed E-state index contributed by atoms with van der Waals surface area (Å²) in [4.78, 5) is 19.3. The van der Waals surface area contributed by atoms with Crippen molar-refractivity contribution >= 4 is 5.91 Å². The van der Waals surface area contributed by atoms with Crippen LogP contribution in [0, 0.1) is 11.8 Å². The Hall–Kier alpha value is -0.650. The first-order valence-corrected chi connectivity index (χ1v) is 10.0. The second-order valence-electron chi connectivity index (χ2n) is 8.24. The zero-order chi connectivity index (χ0) is 16.9. The van der Waals surface area contributed by atoms with Crippen molar-refractivity contribution in [2.75, 3.05) is 52.4 Å². The van der Waals surface area contributed by atoms with E-state index in [1.54, 1.807) is 0 Å². The molecule has 0 spiro atoms. The number of amides is 1. The maximum atomic E-state index is 12.5. The minimum Gasteiger partial charge on any atom is -0.390 e. The van der Waals surface area contributed by atoms with Crippen LogP contribution >= 0.6 is 0 Å². The van der Waals surface area contributed by atoms with Gasteiger partial charge in [-0.3, -0.25) is 9.69 Å². The molecule has 0 aromatic carbocycles. The van der Waals surface area contributed by atoms with Crippen LogP contribution in [-0.2, 0) is 4.79 Å². The molecule has 2 heterocycles. The van der Waals surface area contributed by atoms with Crippen LogP contribution in [0.25, 0.3) is 0 Å². The third-order valence-corrected chi connectivity index (χ3v) is 6.20. The van der Waals surface area contributed by atoms with Gasteiger partial charge in [-0.15, -0.1) is 0 Å². The number of carbonyl (C=O) groups is 1. The largest absolute Gasteiger partial charge is 0.390 e. The van der Waals surface area contributed by atoms with Crippen molar-refractivity contribution in [1.29, 1.82) is 0 Å². The van der Waals surface area contributed by atoms with E-state index in [2.05, 4.69) is 21.6 Å².